The van der Waals surface area contributed by atoms with Crippen LogP contribution in [0.1, 0.15) is 28.9 Å². The molecule has 0 saturated carbocycles. The molecule has 0 bridgehead atoms. The number of nitrogens with one attached hydrogen (secondary N) is 2. The number of hydrogen-bond donors (Lipinski definition) is 2. The summed E-state index contributed by atoms with van der Waals surface area (Å²) in [5.74, 6) is -0.656. The summed E-state index contributed by atoms with van der Waals surface area (Å²) in [6, 6.07) is 19.4. The molecule has 2 N–H and O–H groups in total. The number of hydrogen-bond acceptors (Lipinski definition) is 5. The minimum Gasteiger partial charge on any atom is -0.466 e. The van der Waals surface area contributed by atoms with Crippen molar-refractivity contribution in [2.75, 3.05) is 7.11 Å². The van der Waals surface area contributed by atoms with Gasteiger partial charge in [0, 0.05) is 11.3 Å². The first-order valence-corrected chi connectivity index (χ1v) is 10.1. The van der Waals surface area contributed by atoms with Crippen molar-refractivity contribution in [1.82, 2.24) is 10.6 Å². The van der Waals surface area contributed by atoms with Gasteiger partial charge in [0.15, 0.2) is 5.11 Å². The van der Waals surface area contributed by atoms with Crippen LogP contribution in [0.15, 0.2) is 78.0 Å². The van der Waals surface area contributed by atoms with Crippen molar-refractivity contribution < 1.29 is 19.1 Å². The molecular formula is C24H20N2O4S. The van der Waals surface area contributed by atoms with Crippen LogP contribution in [-0.4, -0.2) is 24.2 Å². The number of methoxy groups -OCH3 is 1. The molecule has 0 aliphatic carbocycles. The third-order valence-electron chi connectivity index (χ3n) is 5.11. The number of fused-ring (bicyclic) bond motifs is 1. The number of carbonyl (C=O) groups is 2. The summed E-state index contributed by atoms with van der Waals surface area (Å²) in [6.45, 7) is 1.76. The average Bonchev–Trinajstić information content (AvgIpc) is 2.78. The molecule has 1 heterocycles. The maximum Gasteiger partial charge on any atom is 0.343 e. The van der Waals surface area contributed by atoms with Crippen molar-refractivity contribution in [1.29, 1.82) is 0 Å². The zero-order valence-electron chi connectivity index (χ0n) is 17.0. The summed E-state index contributed by atoms with van der Waals surface area (Å²) in [4.78, 5) is 25.4. The normalized spacial score (nSPS) is 15.8. The first-order chi connectivity index (χ1) is 15.0. The lowest BCUT2D eigenvalue weighted by molar-refractivity contribution is -0.136. The monoisotopic (exact) mass is 432 g/mol. The van der Waals surface area contributed by atoms with E-state index in [1.54, 1.807) is 37.3 Å². The number of thiocarbonyl (C=S) groups is 1. The van der Waals surface area contributed by atoms with E-state index in [-0.39, 0.29) is 0 Å². The number of allylic oxidation sites excluding steroid dienone is 1. The molecule has 1 atom stereocenters. The van der Waals surface area contributed by atoms with E-state index in [0.717, 1.165) is 10.8 Å². The van der Waals surface area contributed by atoms with E-state index in [0.29, 0.717) is 33.3 Å². The first-order valence-electron chi connectivity index (χ1n) is 9.65. The molecule has 0 saturated heterocycles. The molecule has 0 aromatic heterocycles. The molecule has 6 nitrogen and oxygen atoms in total. The van der Waals surface area contributed by atoms with E-state index in [2.05, 4.69) is 10.6 Å². The average molecular weight is 433 g/mol. The number of ether oxygens (including phenoxy) is 2. The van der Waals surface area contributed by atoms with Crippen LogP contribution < -0.4 is 15.4 Å². The van der Waals surface area contributed by atoms with Crippen molar-refractivity contribution >= 4 is 40.0 Å². The maximum atomic E-state index is 12.8. The lowest BCUT2D eigenvalue weighted by Crippen LogP contribution is -2.45. The van der Waals surface area contributed by atoms with Gasteiger partial charge >= 0.3 is 11.9 Å². The van der Waals surface area contributed by atoms with Gasteiger partial charge in [0.1, 0.15) is 5.75 Å². The fraction of sp³-hybridized carbons (Fsp3) is 0.125. The molecule has 0 spiro atoms. The maximum absolute atomic E-state index is 12.8. The molecule has 31 heavy (non-hydrogen) atoms. The first kappa shape index (κ1) is 20.6. The zero-order chi connectivity index (χ0) is 22.0. The lowest BCUT2D eigenvalue weighted by Gasteiger charge is -2.31. The van der Waals surface area contributed by atoms with Crippen LogP contribution in [0.3, 0.4) is 0 Å². The fourth-order valence-electron chi connectivity index (χ4n) is 3.69. The third kappa shape index (κ3) is 4.00. The van der Waals surface area contributed by atoms with Gasteiger partial charge in [0.2, 0.25) is 0 Å². The Morgan fingerprint density at radius 2 is 1.65 bits per heavy atom. The summed E-state index contributed by atoms with van der Waals surface area (Å²) in [6.07, 6.45) is 0. The van der Waals surface area contributed by atoms with Gasteiger partial charge in [0.25, 0.3) is 0 Å². The Bertz CT molecular complexity index is 1220. The van der Waals surface area contributed by atoms with Crippen LogP contribution in [0.2, 0.25) is 0 Å². The molecule has 0 unspecified atom stereocenters. The van der Waals surface area contributed by atoms with Crippen LogP contribution in [0, 0.1) is 0 Å². The van der Waals surface area contributed by atoms with Crippen molar-refractivity contribution in [3.05, 3.63) is 89.1 Å². The van der Waals surface area contributed by atoms with E-state index < -0.39 is 18.0 Å². The zero-order valence-corrected chi connectivity index (χ0v) is 17.8. The molecule has 0 radical (unpaired) electrons. The summed E-state index contributed by atoms with van der Waals surface area (Å²) < 4.78 is 10.8. The summed E-state index contributed by atoms with van der Waals surface area (Å²) in [5, 5.41) is 8.24. The molecule has 0 amide bonds. The topological polar surface area (TPSA) is 76.7 Å². The Kier molecular flexibility index (Phi) is 5.68. The SMILES string of the molecule is COC(=O)C1=C(C)NC(=S)N[C@H]1c1c(OC(=O)c2ccccc2)ccc2ccccc12. The van der Waals surface area contributed by atoms with E-state index in [9.17, 15) is 9.59 Å². The number of esters is 2. The van der Waals surface area contributed by atoms with Gasteiger partial charge in [-0.15, -0.1) is 0 Å². The Hall–Kier alpha value is -3.71. The van der Waals surface area contributed by atoms with Crippen LogP contribution in [-0.2, 0) is 9.53 Å². The number of rotatable bonds is 4. The molecule has 4 rings (SSSR count). The van der Waals surface area contributed by atoms with E-state index in [4.69, 9.17) is 21.7 Å². The van der Waals surface area contributed by atoms with Gasteiger partial charge in [-0.2, -0.15) is 0 Å². The minimum atomic E-state index is -0.661. The van der Waals surface area contributed by atoms with Crippen LogP contribution in [0.25, 0.3) is 10.8 Å². The molecular weight excluding hydrogens is 412 g/mol. The quantitative estimate of drug-likeness (QED) is 0.366. The smallest absolute Gasteiger partial charge is 0.343 e. The Labute approximate surface area is 184 Å². The predicted molar refractivity (Wildman–Crippen MR) is 122 cm³/mol. The van der Waals surface area contributed by atoms with E-state index in [1.807, 2.05) is 36.4 Å². The van der Waals surface area contributed by atoms with E-state index >= 15 is 0 Å². The highest BCUT2D eigenvalue weighted by Gasteiger charge is 2.34. The molecule has 7 heteroatoms. The fourth-order valence-corrected chi connectivity index (χ4v) is 3.96. The lowest BCUT2D eigenvalue weighted by atomic mass is 9.90. The molecule has 3 aromatic rings. The summed E-state index contributed by atoms with van der Waals surface area (Å²) in [7, 11) is 1.33. The highest BCUT2D eigenvalue weighted by molar-refractivity contribution is 7.80. The summed E-state index contributed by atoms with van der Waals surface area (Å²) >= 11 is 5.35. The van der Waals surface area contributed by atoms with Gasteiger partial charge in [0.05, 0.1) is 24.3 Å². The van der Waals surface area contributed by atoms with Gasteiger partial charge in [-0.25, -0.2) is 9.59 Å². The van der Waals surface area contributed by atoms with Crippen LogP contribution >= 0.6 is 12.2 Å². The van der Waals surface area contributed by atoms with Gasteiger partial charge in [-0.3, -0.25) is 0 Å². The second kappa shape index (κ2) is 8.57. The van der Waals surface area contributed by atoms with Crippen molar-refractivity contribution in [3.63, 3.8) is 0 Å². The Morgan fingerprint density at radius 1 is 0.935 bits per heavy atom. The molecule has 1 aliphatic rings. The second-order valence-corrected chi connectivity index (χ2v) is 7.42. The molecule has 0 fully saturated rings. The Balaban J connectivity index is 1.90. The standard InChI is InChI=1S/C24H20N2O4S/c1-14-19(23(28)29-2)21(26-24(31)25-14)20-17-11-7-6-8-15(17)12-13-18(20)30-22(27)16-9-4-3-5-10-16/h3-13,21H,1-2H3,(H2,25,26,31)/t21-/m1/s1. The molecule has 3 aromatic carbocycles. The Morgan fingerprint density at radius 3 is 2.39 bits per heavy atom. The number of carbonyl (C=O) groups excluding carboxylic acids is 2. The van der Waals surface area contributed by atoms with E-state index in [1.165, 1.54) is 7.11 Å². The second-order valence-electron chi connectivity index (χ2n) is 7.02. The molecule has 156 valence electrons. The van der Waals surface area contributed by atoms with Crippen LogP contribution in [0.5, 0.6) is 5.75 Å². The predicted octanol–water partition coefficient (Wildman–Crippen LogP) is 4.02. The number of benzene rings is 3. The van der Waals surface area contributed by atoms with Crippen LogP contribution in [0.4, 0.5) is 0 Å². The minimum absolute atomic E-state index is 0.337. The largest absolute Gasteiger partial charge is 0.466 e. The van der Waals surface area contributed by atoms with Gasteiger partial charge in [-0.1, -0.05) is 48.5 Å². The highest BCUT2D eigenvalue weighted by Crippen LogP contribution is 2.39. The van der Waals surface area contributed by atoms with Crippen molar-refractivity contribution in [2.24, 2.45) is 0 Å². The van der Waals surface area contributed by atoms with Gasteiger partial charge < -0.3 is 20.1 Å². The summed E-state index contributed by atoms with van der Waals surface area (Å²) in [5.41, 5.74) is 2.00. The van der Waals surface area contributed by atoms with Crippen molar-refractivity contribution in [3.8, 4) is 5.75 Å². The highest BCUT2D eigenvalue weighted by atomic mass is 32.1. The third-order valence-corrected chi connectivity index (χ3v) is 5.33. The van der Waals surface area contributed by atoms with Gasteiger partial charge in [-0.05, 0) is 48.1 Å². The molecule has 1 aliphatic heterocycles. The van der Waals surface area contributed by atoms with Crippen molar-refractivity contribution in [2.45, 2.75) is 13.0 Å².